The number of aromatic hydroxyl groups is 1. The van der Waals surface area contributed by atoms with Crippen LogP contribution in [-0.4, -0.2) is 28.0 Å². The summed E-state index contributed by atoms with van der Waals surface area (Å²) in [7, 11) is 0. The number of aliphatic carboxylic acids is 1. The molecular formula is C12H13NO4. The van der Waals surface area contributed by atoms with E-state index in [1.54, 1.807) is 6.07 Å². The second kappa shape index (κ2) is 4.18. The smallest absolute Gasteiger partial charge is 0.320 e. The van der Waals surface area contributed by atoms with Gasteiger partial charge in [0.1, 0.15) is 17.6 Å². The van der Waals surface area contributed by atoms with Crippen LogP contribution in [0.5, 0.6) is 5.75 Å². The van der Waals surface area contributed by atoms with E-state index in [9.17, 15) is 14.7 Å². The Morgan fingerprint density at radius 2 is 2.12 bits per heavy atom. The van der Waals surface area contributed by atoms with Gasteiger partial charge in [-0.3, -0.25) is 9.59 Å². The van der Waals surface area contributed by atoms with Gasteiger partial charge in [-0.25, -0.2) is 0 Å². The quantitative estimate of drug-likeness (QED) is 0.685. The SMILES string of the molecule is NC(Cc1cc(O)c2c(c1)CC(=O)C2)C(=O)O. The van der Waals surface area contributed by atoms with E-state index >= 15 is 0 Å². The Kier molecular flexibility index (Phi) is 2.85. The lowest BCUT2D eigenvalue weighted by Crippen LogP contribution is -2.32. The molecule has 0 fully saturated rings. The molecule has 0 spiro atoms. The van der Waals surface area contributed by atoms with Crippen molar-refractivity contribution < 1.29 is 19.8 Å². The fourth-order valence-electron chi connectivity index (χ4n) is 2.07. The Bertz CT molecular complexity index is 496. The topological polar surface area (TPSA) is 101 Å². The first-order valence-corrected chi connectivity index (χ1v) is 5.31. The number of rotatable bonds is 3. The van der Waals surface area contributed by atoms with E-state index < -0.39 is 12.0 Å². The lowest BCUT2D eigenvalue weighted by molar-refractivity contribution is -0.138. The van der Waals surface area contributed by atoms with Crippen molar-refractivity contribution in [3.8, 4) is 5.75 Å². The lowest BCUT2D eigenvalue weighted by atomic mass is 10.0. The number of phenolic OH excluding ortho intramolecular Hbond substituents is 1. The number of ketones is 1. The van der Waals surface area contributed by atoms with Crippen LogP contribution in [0, 0.1) is 0 Å². The molecule has 1 aliphatic rings. The highest BCUT2D eigenvalue weighted by atomic mass is 16.4. The van der Waals surface area contributed by atoms with Crippen molar-refractivity contribution in [3.63, 3.8) is 0 Å². The van der Waals surface area contributed by atoms with E-state index in [2.05, 4.69) is 0 Å². The third kappa shape index (κ3) is 2.29. The molecular weight excluding hydrogens is 222 g/mol. The molecule has 0 aliphatic heterocycles. The van der Waals surface area contributed by atoms with E-state index in [-0.39, 0.29) is 24.4 Å². The highest BCUT2D eigenvalue weighted by Gasteiger charge is 2.23. The third-order valence-corrected chi connectivity index (χ3v) is 2.91. The van der Waals surface area contributed by atoms with Gasteiger partial charge in [-0.2, -0.15) is 0 Å². The standard InChI is InChI=1S/C12H13NO4/c13-10(12(16)17)2-6-1-7-4-8(14)5-9(7)11(15)3-6/h1,3,10,15H,2,4-5,13H2,(H,16,17). The second-order valence-electron chi connectivity index (χ2n) is 4.29. The molecule has 5 heteroatoms. The highest BCUT2D eigenvalue weighted by molar-refractivity contribution is 5.89. The molecule has 1 aliphatic carbocycles. The highest BCUT2D eigenvalue weighted by Crippen LogP contribution is 2.30. The minimum Gasteiger partial charge on any atom is -0.508 e. The fourth-order valence-corrected chi connectivity index (χ4v) is 2.07. The van der Waals surface area contributed by atoms with Crippen molar-refractivity contribution in [2.45, 2.75) is 25.3 Å². The normalized spacial score (nSPS) is 15.7. The van der Waals surface area contributed by atoms with Crippen LogP contribution in [0.1, 0.15) is 16.7 Å². The maximum absolute atomic E-state index is 11.3. The first-order valence-electron chi connectivity index (χ1n) is 5.31. The van der Waals surface area contributed by atoms with Gasteiger partial charge in [-0.05, 0) is 23.6 Å². The van der Waals surface area contributed by atoms with Gasteiger partial charge in [0.2, 0.25) is 0 Å². The zero-order chi connectivity index (χ0) is 12.6. The summed E-state index contributed by atoms with van der Waals surface area (Å²) in [5.41, 5.74) is 7.50. The Morgan fingerprint density at radius 1 is 1.41 bits per heavy atom. The number of benzene rings is 1. The first kappa shape index (κ1) is 11.6. The Morgan fingerprint density at radius 3 is 2.76 bits per heavy atom. The molecule has 1 aromatic rings. The Balaban J connectivity index is 2.27. The van der Waals surface area contributed by atoms with Gasteiger partial charge in [0.15, 0.2) is 0 Å². The van der Waals surface area contributed by atoms with E-state index in [1.165, 1.54) is 6.07 Å². The molecule has 1 unspecified atom stereocenters. The summed E-state index contributed by atoms with van der Waals surface area (Å²) in [6, 6.07) is 2.24. The van der Waals surface area contributed by atoms with Crippen LogP contribution in [0.2, 0.25) is 0 Å². The molecule has 0 radical (unpaired) electrons. The molecule has 5 nitrogen and oxygen atoms in total. The summed E-state index contributed by atoms with van der Waals surface area (Å²) in [4.78, 5) is 21.9. The Labute approximate surface area is 97.9 Å². The summed E-state index contributed by atoms with van der Waals surface area (Å²) >= 11 is 0. The van der Waals surface area contributed by atoms with Crippen LogP contribution in [0.4, 0.5) is 0 Å². The van der Waals surface area contributed by atoms with Crippen molar-refractivity contribution in [1.82, 2.24) is 0 Å². The van der Waals surface area contributed by atoms with Crippen molar-refractivity contribution >= 4 is 11.8 Å². The zero-order valence-electron chi connectivity index (χ0n) is 9.14. The van der Waals surface area contributed by atoms with Gasteiger partial charge in [0, 0.05) is 18.4 Å². The maximum atomic E-state index is 11.3. The van der Waals surface area contributed by atoms with Crippen LogP contribution in [0.15, 0.2) is 12.1 Å². The van der Waals surface area contributed by atoms with Crippen molar-refractivity contribution in [2.24, 2.45) is 5.73 Å². The fraction of sp³-hybridized carbons (Fsp3) is 0.333. The number of Topliss-reactive ketones (excluding diaryl/α,β-unsaturated/α-hetero) is 1. The van der Waals surface area contributed by atoms with E-state index in [4.69, 9.17) is 10.8 Å². The number of nitrogens with two attached hydrogens (primary N) is 1. The largest absolute Gasteiger partial charge is 0.508 e. The van der Waals surface area contributed by atoms with Gasteiger partial charge in [-0.15, -0.1) is 0 Å². The third-order valence-electron chi connectivity index (χ3n) is 2.91. The molecule has 1 atom stereocenters. The minimum atomic E-state index is -1.08. The van der Waals surface area contributed by atoms with Crippen LogP contribution in [0.3, 0.4) is 0 Å². The molecule has 0 aromatic heterocycles. The molecule has 90 valence electrons. The maximum Gasteiger partial charge on any atom is 0.320 e. The van der Waals surface area contributed by atoms with E-state index in [0.717, 1.165) is 5.56 Å². The number of carboxylic acid groups (broad SMARTS) is 1. The molecule has 17 heavy (non-hydrogen) atoms. The van der Waals surface area contributed by atoms with Gasteiger partial charge < -0.3 is 15.9 Å². The van der Waals surface area contributed by atoms with Crippen LogP contribution in [0.25, 0.3) is 0 Å². The molecule has 2 rings (SSSR count). The number of phenols is 1. The monoisotopic (exact) mass is 235 g/mol. The second-order valence-corrected chi connectivity index (χ2v) is 4.29. The molecule has 1 aromatic carbocycles. The summed E-state index contributed by atoms with van der Waals surface area (Å²) in [6.45, 7) is 0. The summed E-state index contributed by atoms with van der Waals surface area (Å²) < 4.78 is 0. The minimum absolute atomic E-state index is 0.0564. The molecule has 0 bridgehead atoms. The summed E-state index contributed by atoms with van der Waals surface area (Å²) in [6.07, 6.45) is 0.704. The van der Waals surface area contributed by atoms with E-state index in [0.29, 0.717) is 17.5 Å². The zero-order valence-corrected chi connectivity index (χ0v) is 9.14. The summed E-state index contributed by atoms with van der Waals surface area (Å²) in [5.74, 6) is -0.961. The van der Waals surface area contributed by atoms with Crippen LogP contribution >= 0.6 is 0 Å². The van der Waals surface area contributed by atoms with Gasteiger partial charge in [-0.1, -0.05) is 6.07 Å². The summed E-state index contributed by atoms with van der Waals surface area (Å²) in [5, 5.41) is 18.4. The van der Waals surface area contributed by atoms with Crippen LogP contribution in [-0.2, 0) is 28.9 Å². The van der Waals surface area contributed by atoms with Gasteiger partial charge >= 0.3 is 5.97 Å². The van der Waals surface area contributed by atoms with Crippen molar-refractivity contribution in [1.29, 1.82) is 0 Å². The van der Waals surface area contributed by atoms with Crippen molar-refractivity contribution in [3.05, 3.63) is 28.8 Å². The average molecular weight is 235 g/mol. The van der Waals surface area contributed by atoms with Gasteiger partial charge in [0.25, 0.3) is 0 Å². The molecule has 4 N–H and O–H groups in total. The number of hydrogen-bond donors (Lipinski definition) is 3. The first-order chi connectivity index (χ1) is 7.97. The molecule has 0 amide bonds. The lowest BCUT2D eigenvalue weighted by Gasteiger charge is -2.09. The number of fused-ring (bicyclic) bond motifs is 1. The molecule has 0 saturated heterocycles. The number of hydrogen-bond acceptors (Lipinski definition) is 4. The van der Waals surface area contributed by atoms with Crippen LogP contribution < -0.4 is 5.73 Å². The average Bonchev–Trinajstić information content (AvgIpc) is 2.59. The van der Waals surface area contributed by atoms with E-state index in [1.807, 2.05) is 0 Å². The number of carbonyl (C=O) groups excluding carboxylic acids is 1. The predicted molar refractivity (Wildman–Crippen MR) is 59.8 cm³/mol. The van der Waals surface area contributed by atoms with Gasteiger partial charge in [0.05, 0.1) is 0 Å². The number of carboxylic acids is 1. The molecule has 0 heterocycles. The van der Waals surface area contributed by atoms with Crippen molar-refractivity contribution in [2.75, 3.05) is 0 Å². The number of carbonyl (C=O) groups is 2. The predicted octanol–water partition coefficient (Wildman–Crippen LogP) is 0.0143. The Hall–Kier alpha value is -1.88. The molecule has 0 saturated carbocycles.